The Bertz CT molecular complexity index is 652. The molecule has 4 rings (SSSR count). The number of aryl methyl sites for hydroxylation is 1. The minimum Gasteiger partial charge on any atom is -0.375 e. The van der Waals surface area contributed by atoms with Crippen molar-refractivity contribution >= 4 is 5.91 Å². The summed E-state index contributed by atoms with van der Waals surface area (Å²) in [6, 6.07) is 0.387. The zero-order chi connectivity index (χ0) is 18.9. The van der Waals surface area contributed by atoms with Crippen molar-refractivity contribution in [3.05, 3.63) is 18.2 Å². The minimum absolute atomic E-state index is 0.260. The summed E-state index contributed by atoms with van der Waals surface area (Å²) >= 11 is 0. The fourth-order valence-corrected chi connectivity index (χ4v) is 5.06. The van der Waals surface area contributed by atoms with E-state index in [0.29, 0.717) is 30.5 Å². The maximum atomic E-state index is 13.2. The highest BCUT2D eigenvalue weighted by Crippen LogP contribution is 2.56. The van der Waals surface area contributed by atoms with E-state index in [4.69, 9.17) is 4.74 Å². The van der Waals surface area contributed by atoms with Gasteiger partial charge in [-0.25, -0.2) is 4.98 Å². The lowest BCUT2D eigenvalue weighted by Gasteiger charge is -2.30. The van der Waals surface area contributed by atoms with Crippen molar-refractivity contribution < 1.29 is 9.53 Å². The van der Waals surface area contributed by atoms with Gasteiger partial charge in [0.15, 0.2) is 0 Å². The van der Waals surface area contributed by atoms with E-state index in [1.54, 1.807) is 0 Å². The van der Waals surface area contributed by atoms with Crippen molar-refractivity contribution in [3.8, 4) is 0 Å². The lowest BCUT2D eigenvalue weighted by molar-refractivity contribution is -0.134. The molecule has 0 unspecified atom stereocenters. The minimum atomic E-state index is 0.260. The molecule has 0 aromatic carbocycles. The number of carbonyl (C=O) groups is 1. The highest BCUT2D eigenvalue weighted by atomic mass is 16.5. The van der Waals surface area contributed by atoms with Gasteiger partial charge in [-0.2, -0.15) is 0 Å². The molecule has 3 aliphatic rings. The van der Waals surface area contributed by atoms with E-state index < -0.39 is 0 Å². The van der Waals surface area contributed by atoms with Crippen LogP contribution in [0.1, 0.15) is 64.6 Å². The summed E-state index contributed by atoms with van der Waals surface area (Å²) in [5, 5.41) is 3.46. The number of aromatic nitrogens is 2. The smallest absolute Gasteiger partial charge is 0.223 e. The number of ether oxygens (including phenoxy) is 1. The number of amides is 1. The van der Waals surface area contributed by atoms with Crippen LogP contribution in [-0.2, 0) is 22.6 Å². The second kappa shape index (κ2) is 7.92. The third kappa shape index (κ3) is 4.06. The van der Waals surface area contributed by atoms with Gasteiger partial charge in [-0.15, -0.1) is 0 Å². The molecule has 1 aromatic rings. The zero-order valence-electron chi connectivity index (χ0n) is 16.8. The molecule has 1 aliphatic carbocycles. The molecule has 1 N–H and O–H groups in total. The molecule has 6 heteroatoms. The summed E-state index contributed by atoms with van der Waals surface area (Å²) in [6.45, 7) is 7.95. The fourth-order valence-electron chi connectivity index (χ4n) is 5.06. The van der Waals surface area contributed by atoms with E-state index in [9.17, 15) is 4.79 Å². The predicted octanol–water partition coefficient (Wildman–Crippen LogP) is 2.72. The van der Waals surface area contributed by atoms with Gasteiger partial charge in [0.1, 0.15) is 5.82 Å². The van der Waals surface area contributed by atoms with Gasteiger partial charge in [0.2, 0.25) is 5.91 Å². The van der Waals surface area contributed by atoms with Crippen molar-refractivity contribution in [3.63, 3.8) is 0 Å². The Hall–Kier alpha value is -1.40. The molecule has 3 atom stereocenters. The number of hydrogen-bond donors (Lipinski definition) is 1. The highest BCUT2D eigenvalue weighted by Gasteiger charge is 2.57. The predicted molar refractivity (Wildman–Crippen MR) is 104 cm³/mol. The van der Waals surface area contributed by atoms with Gasteiger partial charge in [-0.3, -0.25) is 4.79 Å². The van der Waals surface area contributed by atoms with E-state index in [-0.39, 0.29) is 12.0 Å². The van der Waals surface area contributed by atoms with Crippen molar-refractivity contribution in [1.29, 1.82) is 0 Å². The lowest BCUT2D eigenvalue weighted by Crippen LogP contribution is -2.39. The van der Waals surface area contributed by atoms with Gasteiger partial charge in [0, 0.05) is 31.4 Å². The molecule has 6 nitrogen and oxygen atoms in total. The lowest BCUT2D eigenvalue weighted by atomic mass is 9.93. The highest BCUT2D eigenvalue weighted by molar-refractivity contribution is 5.77. The van der Waals surface area contributed by atoms with Crippen LogP contribution in [0.5, 0.6) is 0 Å². The maximum Gasteiger partial charge on any atom is 0.223 e. The summed E-state index contributed by atoms with van der Waals surface area (Å²) < 4.78 is 8.08. The van der Waals surface area contributed by atoms with Gasteiger partial charge in [0.05, 0.1) is 18.8 Å². The number of carbonyl (C=O) groups excluding carboxylic acids is 1. The second-order valence-corrected chi connectivity index (χ2v) is 8.67. The fraction of sp³-hybridized carbons (Fsp3) is 0.810. The molecule has 2 aliphatic heterocycles. The standard InChI is InChI=1S/C21H34N4O2/c1-3-24-13-12-23-19(24)15-25(18-14-21(18)8-10-22-11-9-21)20(26)7-6-17-5-4-16(2)27-17/h12-13,16-18,22H,3-11,14-15H2,1-2H3/t16-,17+,18-/m1/s1. The summed E-state index contributed by atoms with van der Waals surface area (Å²) in [5.41, 5.74) is 0.350. The van der Waals surface area contributed by atoms with E-state index in [0.717, 1.165) is 51.1 Å². The monoisotopic (exact) mass is 374 g/mol. The van der Waals surface area contributed by atoms with Crippen LogP contribution >= 0.6 is 0 Å². The largest absolute Gasteiger partial charge is 0.375 e. The number of piperidine rings is 1. The van der Waals surface area contributed by atoms with Gasteiger partial charge in [0.25, 0.3) is 0 Å². The number of rotatable bonds is 7. The Morgan fingerprint density at radius 2 is 2.22 bits per heavy atom. The van der Waals surface area contributed by atoms with Gasteiger partial charge < -0.3 is 19.5 Å². The first-order chi connectivity index (χ1) is 13.1. The summed E-state index contributed by atoms with van der Waals surface area (Å²) in [7, 11) is 0. The summed E-state index contributed by atoms with van der Waals surface area (Å²) in [6.07, 6.45) is 11.7. The van der Waals surface area contributed by atoms with E-state index in [2.05, 4.69) is 33.6 Å². The number of imidazole rings is 1. The molecule has 1 saturated carbocycles. The van der Waals surface area contributed by atoms with E-state index in [1.807, 2.05) is 12.4 Å². The van der Waals surface area contributed by atoms with Crippen molar-refractivity contribution in [2.75, 3.05) is 13.1 Å². The van der Waals surface area contributed by atoms with Crippen LogP contribution in [0.25, 0.3) is 0 Å². The topological polar surface area (TPSA) is 59.4 Å². The number of nitrogens with one attached hydrogen (secondary N) is 1. The first-order valence-corrected chi connectivity index (χ1v) is 10.8. The Labute approximate surface area is 162 Å². The Morgan fingerprint density at radius 3 is 2.93 bits per heavy atom. The van der Waals surface area contributed by atoms with Crippen LogP contribution in [0.4, 0.5) is 0 Å². The Kier molecular flexibility index (Phi) is 5.55. The molecule has 27 heavy (non-hydrogen) atoms. The van der Waals surface area contributed by atoms with Crippen LogP contribution in [0, 0.1) is 5.41 Å². The average Bonchev–Trinajstić information content (AvgIpc) is 3.02. The Morgan fingerprint density at radius 1 is 1.41 bits per heavy atom. The molecule has 3 fully saturated rings. The van der Waals surface area contributed by atoms with Crippen LogP contribution in [-0.4, -0.2) is 51.7 Å². The molecule has 1 spiro atoms. The maximum absolute atomic E-state index is 13.2. The number of nitrogens with zero attached hydrogens (tertiary/aromatic N) is 3. The molecule has 1 aromatic heterocycles. The van der Waals surface area contributed by atoms with Crippen molar-refractivity contribution in [2.45, 2.75) is 90.1 Å². The molecular formula is C21H34N4O2. The van der Waals surface area contributed by atoms with Crippen LogP contribution in [0.15, 0.2) is 12.4 Å². The quantitative estimate of drug-likeness (QED) is 0.797. The van der Waals surface area contributed by atoms with Crippen LogP contribution < -0.4 is 5.32 Å². The summed E-state index contributed by atoms with van der Waals surface area (Å²) in [5.74, 6) is 1.29. The molecule has 2 saturated heterocycles. The third-order valence-electron chi connectivity index (χ3n) is 6.90. The normalized spacial score (nSPS) is 29.2. The molecular weight excluding hydrogens is 340 g/mol. The van der Waals surface area contributed by atoms with Crippen molar-refractivity contribution in [2.24, 2.45) is 5.41 Å². The van der Waals surface area contributed by atoms with Crippen molar-refractivity contribution in [1.82, 2.24) is 19.8 Å². The molecule has 0 radical (unpaired) electrons. The van der Waals surface area contributed by atoms with Crippen LogP contribution in [0.3, 0.4) is 0 Å². The number of hydrogen-bond acceptors (Lipinski definition) is 4. The first kappa shape index (κ1) is 18.9. The Balaban J connectivity index is 1.43. The van der Waals surface area contributed by atoms with Crippen LogP contribution in [0.2, 0.25) is 0 Å². The van der Waals surface area contributed by atoms with Gasteiger partial charge in [-0.1, -0.05) is 0 Å². The first-order valence-electron chi connectivity index (χ1n) is 10.8. The SMILES string of the molecule is CCn1ccnc1CN(C(=O)CC[C@@H]1CC[C@@H](C)O1)[C@@H]1CC12CCNCC2. The van der Waals surface area contributed by atoms with E-state index >= 15 is 0 Å². The summed E-state index contributed by atoms with van der Waals surface area (Å²) in [4.78, 5) is 19.9. The van der Waals surface area contributed by atoms with E-state index in [1.165, 1.54) is 12.8 Å². The average molecular weight is 375 g/mol. The van der Waals surface area contributed by atoms with Gasteiger partial charge in [-0.05, 0) is 70.9 Å². The molecule has 1 amide bonds. The molecule has 3 heterocycles. The molecule has 0 bridgehead atoms. The second-order valence-electron chi connectivity index (χ2n) is 8.67. The zero-order valence-corrected chi connectivity index (χ0v) is 16.8. The van der Waals surface area contributed by atoms with Gasteiger partial charge >= 0.3 is 0 Å². The molecule has 150 valence electrons. The third-order valence-corrected chi connectivity index (χ3v) is 6.90.